The van der Waals surface area contributed by atoms with Gasteiger partial charge in [0.15, 0.2) is 0 Å². The van der Waals surface area contributed by atoms with Gasteiger partial charge in [0.1, 0.15) is 30.6 Å². The number of nitriles is 2. The van der Waals surface area contributed by atoms with Crippen LogP contribution in [0.3, 0.4) is 0 Å². The fraction of sp³-hybridized carbons (Fsp3) is 0.467. The minimum Gasteiger partial charge on any atom is -0.462 e. The molecule has 2 aromatic heterocycles. The number of amides is 1. The molecule has 3 heterocycles. The van der Waals surface area contributed by atoms with E-state index in [-0.39, 0.29) is 30.8 Å². The highest BCUT2D eigenvalue weighted by molar-refractivity contribution is 5.94. The van der Waals surface area contributed by atoms with Crippen molar-refractivity contribution in [1.29, 1.82) is 10.5 Å². The normalized spacial score (nSPS) is 18.7. The van der Waals surface area contributed by atoms with Crippen molar-refractivity contribution in [1.82, 2.24) is 19.4 Å². The standard InChI is InChI=1S/C20H20N6O.C10H15NO2/c1-15-22-9-6-19(23-15)26-10-7-16-17(3-2-4-18(16)26)24-11-13-25(14-12-24)20(27)5-8-21;1-8-3-2-4-9(7-8)13-10(12)5-6-11/h2-4,6-7,9-10H,5,11-14H2,1H3;8-9H,2-5,7H2,1H3. The second-order valence-corrected chi connectivity index (χ2v) is 10.3. The molecule has 2 atom stereocenters. The molecule has 10 nitrogen and oxygen atoms in total. The second kappa shape index (κ2) is 13.6. The van der Waals surface area contributed by atoms with Gasteiger partial charge >= 0.3 is 5.97 Å². The third kappa shape index (κ3) is 7.15. The number of hydrogen-bond acceptors (Lipinski definition) is 8. The Labute approximate surface area is 234 Å². The van der Waals surface area contributed by atoms with Gasteiger partial charge in [-0.1, -0.05) is 19.4 Å². The molecule has 0 spiro atoms. The van der Waals surface area contributed by atoms with Crippen molar-refractivity contribution in [2.75, 3.05) is 31.1 Å². The third-order valence-corrected chi connectivity index (χ3v) is 7.33. The highest BCUT2D eigenvalue weighted by atomic mass is 16.5. The van der Waals surface area contributed by atoms with Crippen LogP contribution < -0.4 is 4.90 Å². The monoisotopic (exact) mass is 541 g/mol. The summed E-state index contributed by atoms with van der Waals surface area (Å²) in [6.07, 6.45) is 7.97. The van der Waals surface area contributed by atoms with E-state index in [1.54, 1.807) is 17.2 Å². The zero-order valence-electron chi connectivity index (χ0n) is 23.1. The van der Waals surface area contributed by atoms with Crippen molar-refractivity contribution < 1.29 is 14.3 Å². The maximum Gasteiger partial charge on any atom is 0.320 e. The molecule has 0 radical (unpaired) electrons. The highest BCUT2D eigenvalue weighted by Crippen LogP contribution is 2.30. The quantitative estimate of drug-likeness (QED) is 0.437. The number of aromatic nitrogens is 3. The summed E-state index contributed by atoms with van der Waals surface area (Å²) < 4.78 is 7.21. The lowest BCUT2D eigenvalue weighted by Gasteiger charge is -2.36. The van der Waals surface area contributed by atoms with Gasteiger partial charge in [0, 0.05) is 49.6 Å². The van der Waals surface area contributed by atoms with Crippen LogP contribution in [0.15, 0.2) is 42.7 Å². The molecule has 40 heavy (non-hydrogen) atoms. The Morgan fingerprint density at radius 2 is 1.82 bits per heavy atom. The Morgan fingerprint density at radius 3 is 2.52 bits per heavy atom. The van der Waals surface area contributed by atoms with Gasteiger partial charge in [-0.2, -0.15) is 10.5 Å². The number of rotatable bonds is 5. The predicted molar refractivity (Wildman–Crippen MR) is 150 cm³/mol. The largest absolute Gasteiger partial charge is 0.462 e. The molecular formula is C30H35N7O3. The Morgan fingerprint density at radius 1 is 1.05 bits per heavy atom. The van der Waals surface area contributed by atoms with Gasteiger partial charge in [-0.15, -0.1) is 0 Å². The van der Waals surface area contributed by atoms with Crippen LogP contribution in [0.1, 0.15) is 51.3 Å². The number of benzene rings is 1. The van der Waals surface area contributed by atoms with Gasteiger partial charge in [0.2, 0.25) is 5.91 Å². The zero-order chi connectivity index (χ0) is 28.5. The molecule has 1 amide bonds. The number of nitrogens with zero attached hydrogens (tertiary/aromatic N) is 7. The number of fused-ring (bicyclic) bond motifs is 1. The van der Waals surface area contributed by atoms with E-state index in [0.29, 0.717) is 19.0 Å². The molecule has 208 valence electrons. The number of carbonyl (C=O) groups is 2. The van der Waals surface area contributed by atoms with E-state index < -0.39 is 0 Å². The van der Waals surface area contributed by atoms with Gasteiger partial charge in [-0.3, -0.25) is 9.59 Å². The molecule has 5 rings (SSSR count). The smallest absolute Gasteiger partial charge is 0.320 e. The van der Waals surface area contributed by atoms with E-state index in [0.717, 1.165) is 60.6 Å². The average molecular weight is 542 g/mol. The molecule has 10 heteroatoms. The van der Waals surface area contributed by atoms with Crippen LogP contribution in [-0.4, -0.2) is 63.6 Å². The van der Waals surface area contributed by atoms with Crippen LogP contribution in [0.5, 0.6) is 0 Å². The zero-order valence-corrected chi connectivity index (χ0v) is 23.1. The van der Waals surface area contributed by atoms with Gasteiger partial charge in [0.05, 0.1) is 17.7 Å². The van der Waals surface area contributed by atoms with Gasteiger partial charge in [-0.25, -0.2) is 9.97 Å². The molecule has 0 bridgehead atoms. The summed E-state index contributed by atoms with van der Waals surface area (Å²) in [7, 11) is 0. The summed E-state index contributed by atoms with van der Waals surface area (Å²) in [5.41, 5.74) is 2.25. The maximum atomic E-state index is 11.9. The molecule has 3 aromatic rings. The van der Waals surface area contributed by atoms with Crippen molar-refractivity contribution in [2.24, 2.45) is 5.92 Å². The summed E-state index contributed by atoms with van der Waals surface area (Å²) in [5, 5.41) is 18.1. The van der Waals surface area contributed by atoms with E-state index in [4.69, 9.17) is 15.3 Å². The summed E-state index contributed by atoms with van der Waals surface area (Å²) in [6.45, 7) is 6.85. The van der Waals surface area contributed by atoms with E-state index in [1.807, 2.05) is 25.3 Å². The van der Waals surface area contributed by atoms with Crippen molar-refractivity contribution in [3.05, 3.63) is 48.5 Å². The molecule has 1 aromatic carbocycles. The average Bonchev–Trinajstić information content (AvgIpc) is 3.38. The van der Waals surface area contributed by atoms with Crippen molar-refractivity contribution in [3.8, 4) is 18.0 Å². The lowest BCUT2D eigenvalue weighted by atomic mass is 9.89. The summed E-state index contributed by atoms with van der Waals surface area (Å²) in [5.74, 6) is 1.78. The van der Waals surface area contributed by atoms with Gasteiger partial charge < -0.3 is 19.1 Å². The first-order valence-electron chi connectivity index (χ1n) is 13.8. The molecule has 1 saturated heterocycles. The number of hydrogen-bond donors (Lipinski definition) is 0. The molecule has 1 saturated carbocycles. The first-order chi connectivity index (χ1) is 19.4. The van der Waals surface area contributed by atoms with Crippen LogP contribution in [-0.2, 0) is 14.3 Å². The summed E-state index contributed by atoms with van der Waals surface area (Å²) in [4.78, 5) is 35.6. The summed E-state index contributed by atoms with van der Waals surface area (Å²) in [6, 6.07) is 14.0. The minimum atomic E-state index is -0.374. The third-order valence-electron chi connectivity index (χ3n) is 7.33. The summed E-state index contributed by atoms with van der Waals surface area (Å²) >= 11 is 0. The molecule has 2 aliphatic rings. The SMILES string of the molecule is CC1CCCC(OC(=O)CC#N)C1.Cc1nccc(-n2ccc3c(N4CCN(C(=O)CC#N)CC4)cccc32)n1. The van der Waals surface area contributed by atoms with Gasteiger partial charge in [0.25, 0.3) is 0 Å². The first kappa shape index (κ1) is 28.6. The fourth-order valence-electron chi connectivity index (χ4n) is 5.36. The van der Waals surface area contributed by atoms with E-state index in [1.165, 1.54) is 6.42 Å². The Bertz CT molecular complexity index is 1410. The highest BCUT2D eigenvalue weighted by Gasteiger charge is 2.23. The van der Waals surface area contributed by atoms with Crippen molar-refractivity contribution in [2.45, 2.75) is 58.5 Å². The molecule has 0 N–H and O–H groups in total. The molecular weight excluding hydrogens is 506 g/mol. The number of esters is 1. The number of anilines is 1. The van der Waals surface area contributed by atoms with Crippen LogP contribution in [0.25, 0.3) is 16.7 Å². The van der Waals surface area contributed by atoms with Crippen LogP contribution in [0, 0.1) is 35.5 Å². The van der Waals surface area contributed by atoms with E-state index >= 15 is 0 Å². The van der Waals surface area contributed by atoms with Crippen LogP contribution in [0.4, 0.5) is 5.69 Å². The lowest BCUT2D eigenvalue weighted by molar-refractivity contribution is -0.149. The Balaban J connectivity index is 0.000000240. The molecule has 1 aliphatic carbocycles. The number of ether oxygens (including phenoxy) is 1. The topological polar surface area (TPSA) is 128 Å². The lowest BCUT2D eigenvalue weighted by Crippen LogP contribution is -2.48. The number of carbonyl (C=O) groups excluding carboxylic acids is 2. The van der Waals surface area contributed by atoms with Crippen LogP contribution in [0.2, 0.25) is 0 Å². The Hall–Kier alpha value is -4.44. The van der Waals surface area contributed by atoms with E-state index in [9.17, 15) is 9.59 Å². The Kier molecular flexibility index (Phi) is 9.69. The molecule has 1 aliphatic heterocycles. The second-order valence-electron chi connectivity index (χ2n) is 10.3. The van der Waals surface area contributed by atoms with Gasteiger partial charge in [-0.05, 0) is 56.4 Å². The fourth-order valence-corrected chi connectivity index (χ4v) is 5.36. The van der Waals surface area contributed by atoms with Crippen molar-refractivity contribution in [3.63, 3.8) is 0 Å². The van der Waals surface area contributed by atoms with Crippen LogP contribution >= 0.6 is 0 Å². The predicted octanol–water partition coefficient (Wildman–Crippen LogP) is 4.31. The minimum absolute atomic E-state index is 0.0449. The molecule has 2 unspecified atom stereocenters. The maximum absolute atomic E-state index is 11.9. The van der Waals surface area contributed by atoms with E-state index in [2.05, 4.69) is 50.6 Å². The first-order valence-corrected chi connectivity index (χ1v) is 13.8. The molecule has 2 fully saturated rings. The van der Waals surface area contributed by atoms with Crippen molar-refractivity contribution >= 4 is 28.5 Å². The number of aryl methyl sites for hydroxylation is 1. The number of piperazine rings is 1.